The molecule has 1 N–H and O–H groups in total. The quantitative estimate of drug-likeness (QED) is 0.559. The number of hydrogen-bond acceptors (Lipinski definition) is 1. The SMILES string of the molecule is O=[C](O)[Cs]. The van der Waals surface area contributed by atoms with Gasteiger partial charge in [-0.15, -0.1) is 0 Å². The molecular formula is CHCsO2. The predicted molar refractivity (Wildman–Crippen MR) is 13.8 cm³/mol. The standard InChI is InChI=1S/CHO2.Cs/c2-1-3;/h(H,2,3);. The van der Waals surface area contributed by atoms with Crippen LogP contribution in [0.15, 0.2) is 0 Å². The zero-order valence-electron chi connectivity index (χ0n) is 2.36. The monoisotopic (exact) mass is 178 g/mol. The Bertz CT molecular complexity index is 29.0. The summed E-state index contributed by atoms with van der Waals surface area (Å²) in [5.41, 5.74) is 0. The van der Waals surface area contributed by atoms with Crippen molar-refractivity contribution in [2.45, 2.75) is 0 Å². The van der Waals surface area contributed by atoms with E-state index in [9.17, 15) is 0 Å². The van der Waals surface area contributed by atoms with Crippen LogP contribution in [-0.4, -0.2) is 68.4 Å². The molecule has 2 nitrogen and oxygen atoms in total. The molecule has 0 aromatic rings. The van der Waals surface area contributed by atoms with Gasteiger partial charge in [-0.05, 0) is 0 Å². The molecule has 18 valence electrons. The fourth-order valence-corrected chi connectivity index (χ4v) is 0. The molecule has 0 aliphatic rings. The summed E-state index contributed by atoms with van der Waals surface area (Å²) in [6, 6.07) is 0. The van der Waals surface area contributed by atoms with Crippen molar-refractivity contribution >= 4 is 63.3 Å². The van der Waals surface area contributed by atoms with Gasteiger partial charge in [0.05, 0.1) is 0 Å². The van der Waals surface area contributed by atoms with Gasteiger partial charge in [-0.25, -0.2) is 0 Å². The van der Waals surface area contributed by atoms with E-state index in [2.05, 4.69) is 0 Å². The van der Waals surface area contributed by atoms with Crippen LogP contribution in [0.1, 0.15) is 0 Å². The minimum atomic E-state index is -0.611. The van der Waals surface area contributed by atoms with Crippen LogP contribution < -0.4 is 0 Å². The Labute approximate surface area is 70.9 Å². The van der Waals surface area contributed by atoms with E-state index in [-0.39, 0.29) is 65.9 Å². The molecule has 4 heavy (non-hydrogen) atoms. The van der Waals surface area contributed by atoms with Crippen LogP contribution in [0.2, 0.25) is 0 Å². The van der Waals surface area contributed by atoms with Crippen molar-refractivity contribution in [3.8, 4) is 0 Å². The van der Waals surface area contributed by atoms with E-state index >= 15 is 0 Å². The number of carboxylic acid groups (broad SMARTS) is 1. The molecule has 0 unspecified atom stereocenters. The van der Waals surface area contributed by atoms with Crippen LogP contribution in [0.5, 0.6) is 0 Å². The normalized spacial score (nSPS) is 6.50. The van der Waals surface area contributed by atoms with Gasteiger partial charge in [0.1, 0.15) is 0 Å². The third-order valence-electron chi connectivity index (χ3n) is 0. The average molecular weight is 178 g/mol. The molecule has 0 aliphatic carbocycles. The third-order valence-corrected chi connectivity index (χ3v) is 0. The fraction of sp³-hybridized carbons (Fsp3) is 0. The topological polar surface area (TPSA) is 37.3 Å². The zero-order chi connectivity index (χ0) is 3.58. The van der Waals surface area contributed by atoms with Gasteiger partial charge in [0.2, 0.25) is 0 Å². The second kappa shape index (κ2) is 2.74. The molecule has 0 heterocycles. The van der Waals surface area contributed by atoms with Gasteiger partial charge in [0, 0.05) is 0 Å². The first-order chi connectivity index (χ1) is 1.73. The van der Waals surface area contributed by atoms with Crippen molar-refractivity contribution in [1.29, 1.82) is 0 Å². The molecule has 0 amide bonds. The Hall–Kier alpha value is 1.52. The van der Waals surface area contributed by atoms with Gasteiger partial charge >= 0.3 is 73.2 Å². The maximum atomic E-state index is 9.10. The second-order valence-electron chi connectivity index (χ2n) is 0.519. The molecule has 0 rings (SSSR count). The van der Waals surface area contributed by atoms with Gasteiger partial charge in [0.15, 0.2) is 0 Å². The summed E-state index contributed by atoms with van der Waals surface area (Å²) in [4.78, 5) is 9.10. The van der Waals surface area contributed by atoms with E-state index in [1.807, 2.05) is 0 Å². The number of rotatable bonds is 0. The molecule has 0 aromatic carbocycles. The van der Waals surface area contributed by atoms with Crippen LogP contribution in [0.3, 0.4) is 0 Å². The summed E-state index contributed by atoms with van der Waals surface area (Å²) < 4.78 is -0.611. The van der Waals surface area contributed by atoms with Crippen LogP contribution >= 0.6 is 0 Å². The van der Waals surface area contributed by atoms with Crippen molar-refractivity contribution in [1.82, 2.24) is 0 Å². The first-order valence-electron chi connectivity index (χ1n) is 0.928. The summed E-state index contributed by atoms with van der Waals surface area (Å²) in [7, 11) is 0. The van der Waals surface area contributed by atoms with E-state index in [1.54, 1.807) is 0 Å². The molecular weight excluding hydrogens is 177 g/mol. The fourth-order valence-electron chi connectivity index (χ4n) is 0. The van der Waals surface area contributed by atoms with Gasteiger partial charge in [-0.3, -0.25) is 0 Å². The molecule has 0 aromatic heterocycles. The summed E-state index contributed by atoms with van der Waals surface area (Å²) >= 11 is -0.225. The van der Waals surface area contributed by atoms with Crippen molar-refractivity contribution in [3.05, 3.63) is 0 Å². The Morgan fingerprint density at radius 1 is 2.00 bits per heavy atom. The Morgan fingerprint density at radius 2 is 2.00 bits per heavy atom. The van der Waals surface area contributed by atoms with Crippen LogP contribution in [0, 0.1) is 0 Å². The van der Waals surface area contributed by atoms with Gasteiger partial charge in [-0.1, -0.05) is 0 Å². The van der Waals surface area contributed by atoms with Gasteiger partial charge in [-0.2, -0.15) is 0 Å². The van der Waals surface area contributed by atoms with E-state index < -0.39 is -2.61 Å². The predicted octanol–water partition coefficient (Wildman–Crippen LogP) is -0.167. The molecule has 0 aliphatic heterocycles. The molecule has 0 bridgehead atoms. The van der Waals surface area contributed by atoms with Gasteiger partial charge < -0.3 is 0 Å². The molecule has 0 spiro atoms. The first-order valence-corrected chi connectivity index (χ1v) is 4.07. The maximum absolute atomic E-state index is 9.10. The number of carbonyl (C=O) groups is 1. The first kappa shape index (κ1) is 5.52. The number of hydrogen-bond donors (Lipinski definition) is 1. The minimum absolute atomic E-state index is 0.225. The van der Waals surface area contributed by atoms with E-state index in [4.69, 9.17) is 9.90 Å². The van der Waals surface area contributed by atoms with Crippen molar-refractivity contribution in [2.24, 2.45) is 0 Å². The summed E-state index contributed by atoms with van der Waals surface area (Å²) in [5.74, 6) is 0. The van der Waals surface area contributed by atoms with E-state index in [1.165, 1.54) is 0 Å². The Balaban J connectivity index is 2.80. The molecule has 0 saturated heterocycles. The van der Waals surface area contributed by atoms with Crippen molar-refractivity contribution in [3.63, 3.8) is 0 Å². The second-order valence-corrected chi connectivity index (χ2v) is 3.21. The van der Waals surface area contributed by atoms with Crippen molar-refractivity contribution < 1.29 is 9.90 Å². The van der Waals surface area contributed by atoms with E-state index in [0.717, 1.165) is 0 Å². The molecule has 3 heteroatoms. The Morgan fingerprint density at radius 3 is 2.00 bits per heavy atom. The summed E-state index contributed by atoms with van der Waals surface area (Å²) in [6.07, 6.45) is 0. The zero-order valence-corrected chi connectivity index (χ0v) is 8.64. The molecule has 0 saturated carbocycles. The molecule has 0 atom stereocenters. The molecule has 0 fully saturated rings. The molecule has 0 radical (unpaired) electrons. The Kier molecular flexibility index (Phi) is 3.79. The van der Waals surface area contributed by atoms with Gasteiger partial charge in [0.25, 0.3) is 0 Å². The van der Waals surface area contributed by atoms with Crippen molar-refractivity contribution in [2.75, 3.05) is 0 Å². The summed E-state index contributed by atoms with van der Waals surface area (Å²) in [5, 5.41) is 7.52. The van der Waals surface area contributed by atoms with Crippen LogP contribution in [0.4, 0.5) is 4.79 Å². The average Bonchev–Trinajstić information content (AvgIpc) is 0.811. The van der Waals surface area contributed by atoms with E-state index in [0.29, 0.717) is 0 Å². The van der Waals surface area contributed by atoms with Crippen LogP contribution in [0.25, 0.3) is 0 Å². The van der Waals surface area contributed by atoms with Crippen LogP contribution in [-0.2, 0) is 0 Å². The summed E-state index contributed by atoms with van der Waals surface area (Å²) in [6.45, 7) is 0. The third kappa shape index (κ3) is 9.67.